The molecule has 1 aromatic rings. The highest BCUT2D eigenvalue weighted by atomic mass is 16.5. The summed E-state index contributed by atoms with van der Waals surface area (Å²) in [6.45, 7) is -0.237. The molecule has 82 valence electrons. The molecule has 0 aliphatic carbocycles. The van der Waals surface area contributed by atoms with Crippen LogP contribution in [0.15, 0.2) is 12.1 Å². The minimum absolute atomic E-state index is 0.00606. The van der Waals surface area contributed by atoms with Crippen molar-refractivity contribution in [3.05, 3.63) is 23.3 Å². The molecule has 0 amide bonds. The van der Waals surface area contributed by atoms with Gasteiger partial charge in [0.05, 0.1) is 20.8 Å². The molecule has 5 heteroatoms. The smallest absolute Gasteiger partial charge is 0.339 e. The second-order valence-corrected chi connectivity index (χ2v) is 2.80. The predicted octanol–water partition coefficient (Wildman–Crippen LogP) is 0.894. The van der Waals surface area contributed by atoms with Gasteiger partial charge in [-0.1, -0.05) is 6.07 Å². The van der Waals surface area contributed by atoms with E-state index in [1.54, 1.807) is 0 Å². The van der Waals surface area contributed by atoms with Crippen LogP contribution >= 0.6 is 0 Å². The number of carbonyl (C=O) groups is 1. The first-order valence-corrected chi connectivity index (χ1v) is 4.23. The summed E-state index contributed by atoms with van der Waals surface area (Å²) in [6.07, 6.45) is 0. The molecule has 0 saturated carbocycles. The lowest BCUT2D eigenvalue weighted by Crippen LogP contribution is -2.04. The molecular formula is C10H12O5. The molecule has 0 aliphatic heterocycles. The molecule has 5 nitrogen and oxygen atoms in total. The highest BCUT2D eigenvalue weighted by molar-refractivity contribution is 5.92. The van der Waals surface area contributed by atoms with Crippen LogP contribution < -0.4 is 9.47 Å². The number of ether oxygens (including phenoxy) is 2. The third-order valence-corrected chi connectivity index (χ3v) is 2.00. The fraction of sp³-hybridized carbons (Fsp3) is 0.300. The van der Waals surface area contributed by atoms with Crippen LogP contribution in [0.1, 0.15) is 15.9 Å². The Morgan fingerprint density at radius 1 is 1.27 bits per heavy atom. The molecule has 0 aliphatic rings. The van der Waals surface area contributed by atoms with E-state index in [0.717, 1.165) is 0 Å². The first-order valence-electron chi connectivity index (χ1n) is 4.23. The highest BCUT2D eigenvalue weighted by Crippen LogP contribution is 2.34. The number of hydrogen-bond donors (Lipinski definition) is 2. The first kappa shape index (κ1) is 11.3. The zero-order chi connectivity index (χ0) is 11.4. The third kappa shape index (κ3) is 2.02. The van der Waals surface area contributed by atoms with Crippen molar-refractivity contribution in [3.63, 3.8) is 0 Å². The van der Waals surface area contributed by atoms with Gasteiger partial charge in [-0.15, -0.1) is 0 Å². The average molecular weight is 212 g/mol. The SMILES string of the molecule is COc1c(CO)ccc(C(=O)O)c1OC. The zero-order valence-corrected chi connectivity index (χ0v) is 8.48. The van der Waals surface area contributed by atoms with E-state index in [1.165, 1.54) is 26.4 Å². The van der Waals surface area contributed by atoms with Crippen LogP contribution in [0.4, 0.5) is 0 Å². The standard InChI is InChI=1S/C10H12O5/c1-14-8-6(5-11)3-4-7(10(12)13)9(8)15-2/h3-4,11H,5H2,1-2H3,(H,12,13). The van der Waals surface area contributed by atoms with E-state index in [1.807, 2.05) is 0 Å². The Hall–Kier alpha value is -1.75. The Kier molecular flexibility index (Phi) is 3.51. The molecule has 0 atom stereocenters. The number of rotatable bonds is 4. The summed E-state index contributed by atoms with van der Waals surface area (Å²) in [5.41, 5.74) is 0.492. The lowest BCUT2D eigenvalue weighted by molar-refractivity contribution is 0.0692. The summed E-state index contributed by atoms with van der Waals surface area (Å²) in [5.74, 6) is -0.730. The van der Waals surface area contributed by atoms with Gasteiger partial charge in [0.1, 0.15) is 5.56 Å². The van der Waals surface area contributed by atoms with E-state index in [-0.39, 0.29) is 23.7 Å². The fourth-order valence-corrected chi connectivity index (χ4v) is 1.32. The van der Waals surface area contributed by atoms with Crippen molar-refractivity contribution in [1.82, 2.24) is 0 Å². The molecule has 0 saturated heterocycles. The molecule has 0 bridgehead atoms. The Bertz CT molecular complexity index is 372. The number of benzene rings is 1. The van der Waals surface area contributed by atoms with E-state index < -0.39 is 5.97 Å². The van der Waals surface area contributed by atoms with Crippen LogP contribution in [0, 0.1) is 0 Å². The van der Waals surface area contributed by atoms with E-state index >= 15 is 0 Å². The summed E-state index contributed by atoms with van der Waals surface area (Å²) in [4.78, 5) is 10.9. The van der Waals surface area contributed by atoms with Gasteiger partial charge in [0, 0.05) is 5.56 Å². The van der Waals surface area contributed by atoms with Gasteiger partial charge >= 0.3 is 5.97 Å². The fourth-order valence-electron chi connectivity index (χ4n) is 1.32. The van der Waals surface area contributed by atoms with Crippen molar-refractivity contribution >= 4 is 5.97 Å². The van der Waals surface area contributed by atoms with Gasteiger partial charge in [0.2, 0.25) is 0 Å². The van der Waals surface area contributed by atoms with Crippen LogP contribution in [0.2, 0.25) is 0 Å². The molecule has 0 aromatic heterocycles. The quantitative estimate of drug-likeness (QED) is 0.775. The number of methoxy groups -OCH3 is 2. The van der Waals surface area contributed by atoms with Gasteiger partial charge in [-0.3, -0.25) is 0 Å². The second kappa shape index (κ2) is 4.65. The molecule has 0 radical (unpaired) electrons. The highest BCUT2D eigenvalue weighted by Gasteiger charge is 2.18. The Balaban J connectivity index is 3.40. The van der Waals surface area contributed by atoms with E-state index in [9.17, 15) is 4.79 Å². The summed E-state index contributed by atoms with van der Waals surface area (Å²) >= 11 is 0. The normalized spacial score (nSPS) is 9.80. The van der Waals surface area contributed by atoms with Crippen LogP contribution in [-0.4, -0.2) is 30.4 Å². The number of hydrogen-bond acceptors (Lipinski definition) is 4. The first-order chi connectivity index (χ1) is 7.15. The van der Waals surface area contributed by atoms with Crippen molar-refractivity contribution in [2.24, 2.45) is 0 Å². The van der Waals surface area contributed by atoms with E-state index in [2.05, 4.69) is 0 Å². The Morgan fingerprint density at radius 3 is 2.27 bits per heavy atom. The molecule has 1 rings (SSSR count). The maximum Gasteiger partial charge on any atom is 0.339 e. The van der Waals surface area contributed by atoms with Crippen molar-refractivity contribution in [2.45, 2.75) is 6.61 Å². The van der Waals surface area contributed by atoms with Gasteiger partial charge in [-0.25, -0.2) is 4.79 Å². The topological polar surface area (TPSA) is 76.0 Å². The zero-order valence-electron chi connectivity index (χ0n) is 8.48. The van der Waals surface area contributed by atoms with Crippen molar-refractivity contribution in [3.8, 4) is 11.5 Å². The predicted molar refractivity (Wildman–Crippen MR) is 52.4 cm³/mol. The number of carboxylic acid groups (broad SMARTS) is 1. The van der Waals surface area contributed by atoms with Crippen LogP contribution in [0.5, 0.6) is 11.5 Å². The second-order valence-electron chi connectivity index (χ2n) is 2.80. The average Bonchev–Trinajstić information content (AvgIpc) is 2.26. The maximum absolute atomic E-state index is 10.9. The minimum Gasteiger partial charge on any atom is -0.492 e. The molecule has 2 N–H and O–H groups in total. The van der Waals surface area contributed by atoms with Gasteiger partial charge in [-0.2, -0.15) is 0 Å². The van der Waals surface area contributed by atoms with Gasteiger partial charge < -0.3 is 19.7 Å². The van der Waals surface area contributed by atoms with Crippen molar-refractivity contribution in [1.29, 1.82) is 0 Å². The van der Waals surface area contributed by atoms with Gasteiger partial charge in [0.25, 0.3) is 0 Å². The molecule has 0 unspecified atom stereocenters. The largest absolute Gasteiger partial charge is 0.492 e. The molecule has 0 fully saturated rings. The summed E-state index contributed by atoms with van der Waals surface area (Å²) in [5, 5.41) is 17.9. The van der Waals surface area contributed by atoms with Crippen LogP contribution in [0.3, 0.4) is 0 Å². The maximum atomic E-state index is 10.9. The van der Waals surface area contributed by atoms with Gasteiger partial charge in [0.15, 0.2) is 11.5 Å². The third-order valence-electron chi connectivity index (χ3n) is 2.00. The number of carboxylic acids is 1. The molecule has 0 spiro atoms. The summed E-state index contributed by atoms with van der Waals surface area (Å²) < 4.78 is 9.95. The summed E-state index contributed by atoms with van der Waals surface area (Å²) in [7, 11) is 2.74. The number of aromatic carboxylic acids is 1. The number of aliphatic hydroxyl groups is 1. The molecular weight excluding hydrogens is 200 g/mol. The van der Waals surface area contributed by atoms with Gasteiger partial charge in [-0.05, 0) is 6.07 Å². The Labute approximate surface area is 86.9 Å². The van der Waals surface area contributed by atoms with Crippen molar-refractivity contribution in [2.75, 3.05) is 14.2 Å². The van der Waals surface area contributed by atoms with E-state index in [0.29, 0.717) is 5.56 Å². The van der Waals surface area contributed by atoms with Crippen LogP contribution in [-0.2, 0) is 6.61 Å². The molecule has 0 heterocycles. The van der Waals surface area contributed by atoms with Crippen molar-refractivity contribution < 1.29 is 24.5 Å². The lowest BCUT2D eigenvalue weighted by Gasteiger charge is -2.13. The minimum atomic E-state index is -1.10. The molecule has 15 heavy (non-hydrogen) atoms. The summed E-state index contributed by atoms with van der Waals surface area (Å²) in [6, 6.07) is 2.86. The number of aliphatic hydroxyl groups excluding tert-OH is 1. The van der Waals surface area contributed by atoms with E-state index in [4.69, 9.17) is 19.7 Å². The van der Waals surface area contributed by atoms with Crippen LogP contribution in [0.25, 0.3) is 0 Å². The molecule has 1 aromatic carbocycles. The Morgan fingerprint density at radius 2 is 1.87 bits per heavy atom. The monoisotopic (exact) mass is 212 g/mol. The lowest BCUT2D eigenvalue weighted by atomic mass is 10.1.